The first-order valence-corrected chi connectivity index (χ1v) is 11.1. The highest BCUT2D eigenvalue weighted by atomic mass is 79.9. The van der Waals surface area contributed by atoms with Crippen LogP contribution >= 0.6 is 15.9 Å². The maximum Gasteiger partial charge on any atom is 0.270 e. The van der Waals surface area contributed by atoms with Gasteiger partial charge in [0.25, 0.3) is 11.6 Å². The zero-order valence-electron chi connectivity index (χ0n) is 18.0. The van der Waals surface area contributed by atoms with Gasteiger partial charge in [0.15, 0.2) is 11.4 Å². The molecule has 3 aromatic rings. The van der Waals surface area contributed by atoms with Crippen LogP contribution in [0.5, 0.6) is 0 Å². The Balaban J connectivity index is 1.71. The third kappa shape index (κ3) is 4.19. The summed E-state index contributed by atoms with van der Waals surface area (Å²) in [6, 6.07) is 16.4. The molecule has 8 heteroatoms. The number of ketones is 1. The molecule has 4 rings (SSSR count). The van der Waals surface area contributed by atoms with Crippen molar-refractivity contribution in [2.45, 2.75) is 32.4 Å². The Kier molecular flexibility index (Phi) is 5.90. The largest absolute Gasteiger partial charge is 0.375 e. The monoisotopic (exact) mass is 508 g/mol. The molecule has 0 aliphatic carbocycles. The number of non-ortho nitro benzene ring substituents is 1. The fraction of sp³-hybridized carbons (Fsp3) is 0.200. The van der Waals surface area contributed by atoms with E-state index in [1.165, 1.54) is 23.1 Å². The van der Waals surface area contributed by atoms with Crippen LogP contribution in [0.2, 0.25) is 0 Å². The van der Waals surface area contributed by atoms with E-state index in [1.807, 2.05) is 32.0 Å². The number of hydrogen-bond acceptors (Lipinski definition) is 5. The number of aryl methyl sites for hydroxylation is 2. The number of rotatable bonds is 6. The van der Waals surface area contributed by atoms with Crippen molar-refractivity contribution >= 4 is 39.0 Å². The van der Waals surface area contributed by atoms with E-state index < -0.39 is 28.6 Å². The smallest absolute Gasteiger partial charge is 0.270 e. The van der Waals surface area contributed by atoms with Gasteiger partial charge in [0, 0.05) is 27.7 Å². The number of halogens is 1. The molecule has 1 aliphatic heterocycles. The van der Waals surface area contributed by atoms with Crippen LogP contribution in [0.25, 0.3) is 0 Å². The van der Waals surface area contributed by atoms with Gasteiger partial charge >= 0.3 is 0 Å². The number of carbonyl (C=O) groups is 2. The molecule has 0 spiro atoms. The molecule has 0 fully saturated rings. The summed E-state index contributed by atoms with van der Waals surface area (Å²) in [5, 5.41) is 22.6. The van der Waals surface area contributed by atoms with Crippen molar-refractivity contribution in [3.8, 4) is 0 Å². The molecule has 0 bridgehead atoms. The van der Waals surface area contributed by atoms with Gasteiger partial charge < -0.3 is 10.0 Å². The van der Waals surface area contributed by atoms with Crippen LogP contribution in [-0.4, -0.2) is 21.7 Å². The molecule has 1 N–H and O–H groups in total. The molecule has 0 saturated heterocycles. The van der Waals surface area contributed by atoms with Crippen molar-refractivity contribution in [2.24, 2.45) is 0 Å². The first-order chi connectivity index (χ1) is 15.6. The minimum atomic E-state index is -2.08. The molecule has 3 aromatic carbocycles. The van der Waals surface area contributed by atoms with Gasteiger partial charge in [0.05, 0.1) is 23.6 Å². The lowest BCUT2D eigenvalue weighted by Crippen LogP contribution is -2.41. The topological polar surface area (TPSA) is 101 Å². The fourth-order valence-electron chi connectivity index (χ4n) is 4.17. The number of nitro benzene ring substituents is 1. The maximum atomic E-state index is 13.5. The Morgan fingerprint density at radius 2 is 1.88 bits per heavy atom. The zero-order chi connectivity index (χ0) is 23.9. The third-order valence-electron chi connectivity index (χ3n) is 5.92. The number of Topliss-reactive ketones (excluding diaryl/α,β-unsaturated/α-hetero) is 1. The summed E-state index contributed by atoms with van der Waals surface area (Å²) in [4.78, 5) is 38.5. The standard InChI is InChI=1S/C25H21BrN2O5/c1-15-6-7-18(16(2)10-15)14-27-22-9-8-19(26)12-21(22)25(31,24(27)30)13-23(29)17-4-3-5-20(11-17)28(32)33/h3-12,31H,13-14H2,1-2H3. The molecule has 0 saturated carbocycles. The second kappa shape index (κ2) is 8.53. The number of carbonyl (C=O) groups excluding carboxylic acids is 2. The predicted octanol–water partition coefficient (Wildman–Crippen LogP) is 4.98. The van der Waals surface area contributed by atoms with Crippen LogP contribution in [0.15, 0.2) is 65.1 Å². The summed E-state index contributed by atoms with van der Waals surface area (Å²) in [6.45, 7) is 4.19. The van der Waals surface area contributed by atoms with E-state index in [-0.39, 0.29) is 17.8 Å². The molecule has 0 radical (unpaired) electrons. The molecule has 1 amide bonds. The maximum absolute atomic E-state index is 13.5. The number of anilines is 1. The highest BCUT2D eigenvalue weighted by molar-refractivity contribution is 9.10. The number of amides is 1. The molecular formula is C25H21BrN2O5. The highest BCUT2D eigenvalue weighted by Crippen LogP contribution is 2.45. The van der Waals surface area contributed by atoms with Crippen molar-refractivity contribution in [1.29, 1.82) is 0 Å². The summed E-state index contributed by atoms with van der Waals surface area (Å²) >= 11 is 3.38. The van der Waals surface area contributed by atoms with E-state index in [0.29, 0.717) is 15.7 Å². The lowest BCUT2D eigenvalue weighted by Gasteiger charge is -2.23. The predicted molar refractivity (Wildman–Crippen MR) is 127 cm³/mol. The first-order valence-electron chi connectivity index (χ1n) is 10.3. The van der Waals surface area contributed by atoms with Gasteiger partial charge in [0.1, 0.15) is 0 Å². The summed E-state index contributed by atoms with van der Waals surface area (Å²) in [5.74, 6) is -1.16. The molecular weight excluding hydrogens is 488 g/mol. The molecule has 168 valence electrons. The number of hydrogen-bond donors (Lipinski definition) is 1. The minimum Gasteiger partial charge on any atom is -0.375 e. The van der Waals surface area contributed by atoms with Gasteiger partial charge in [0.2, 0.25) is 0 Å². The molecule has 0 aromatic heterocycles. The van der Waals surface area contributed by atoms with Gasteiger partial charge in [-0.15, -0.1) is 0 Å². The van der Waals surface area contributed by atoms with Crippen LogP contribution in [0.1, 0.15) is 39.0 Å². The Hall–Kier alpha value is -3.36. The van der Waals surface area contributed by atoms with Crippen LogP contribution in [0.4, 0.5) is 11.4 Å². The van der Waals surface area contributed by atoms with E-state index in [9.17, 15) is 24.8 Å². The fourth-order valence-corrected chi connectivity index (χ4v) is 4.53. The third-order valence-corrected chi connectivity index (χ3v) is 6.41. The van der Waals surface area contributed by atoms with Crippen LogP contribution in [-0.2, 0) is 16.9 Å². The normalized spacial score (nSPS) is 17.2. The second-order valence-electron chi connectivity index (χ2n) is 8.25. The average molecular weight is 509 g/mol. The Morgan fingerprint density at radius 3 is 2.58 bits per heavy atom. The van der Waals surface area contributed by atoms with Crippen molar-refractivity contribution in [1.82, 2.24) is 0 Å². The zero-order valence-corrected chi connectivity index (χ0v) is 19.6. The summed E-state index contributed by atoms with van der Waals surface area (Å²) in [7, 11) is 0. The van der Waals surface area contributed by atoms with Crippen molar-refractivity contribution in [3.05, 3.63) is 103 Å². The van der Waals surface area contributed by atoms with Gasteiger partial charge in [-0.3, -0.25) is 19.7 Å². The lowest BCUT2D eigenvalue weighted by atomic mass is 9.88. The number of aliphatic hydroxyl groups is 1. The van der Waals surface area contributed by atoms with Gasteiger partial charge in [-0.05, 0) is 43.2 Å². The van der Waals surface area contributed by atoms with Crippen molar-refractivity contribution < 1.29 is 19.6 Å². The SMILES string of the molecule is Cc1ccc(CN2C(=O)C(O)(CC(=O)c3cccc([N+](=O)[O-])c3)c3cc(Br)ccc32)c(C)c1. The van der Waals surface area contributed by atoms with E-state index >= 15 is 0 Å². The summed E-state index contributed by atoms with van der Waals surface area (Å²) in [5.41, 5.74) is 1.65. The molecule has 1 unspecified atom stereocenters. The van der Waals surface area contributed by atoms with Crippen LogP contribution < -0.4 is 4.90 Å². The molecule has 33 heavy (non-hydrogen) atoms. The number of benzene rings is 3. The second-order valence-corrected chi connectivity index (χ2v) is 9.17. The molecule has 1 atom stereocenters. The van der Waals surface area contributed by atoms with Gasteiger partial charge in [-0.25, -0.2) is 0 Å². The van der Waals surface area contributed by atoms with E-state index in [0.717, 1.165) is 22.8 Å². The Labute approximate surface area is 198 Å². The lowest BCUT2D eigenvalue weighted by molar-refractivity contribution is -0.384. The highest BCUT2D eigenvalue weighted by Gasteiger charge is 2.51. The summed E-state index contributed by atoms with van der Waals surface area (Å²) < 4.78 is 0.656. The number of fused-ring (bicyclic) bond motifs is 1. The minimum absolute atomic E-state index is 0.0646. The quantitative estimate of drug-likeness (QED) is 0.287. The summed E-state index contributed by atoms with van der Waals surface area (Å²) in [6.07, 6.45) is -0.528. The Bertz CT molecular complexity index is 1310. The van der Waals surface area contributed by atoms with Crippen LogP contribution in [0, 0.1) is 24.0 Å². The van der Waals surface area contributed by atoms with Crippen molar-refractivity contribution in [2.75, 3.05) is 4.90 Å². The van der Waals surface area contributed by atoms with Crippen LogP contribution in [0.3, 0.4) is 0 Å². The van der Waals surface area contributed by atoms with E-state index in [2.05, 4.69) is 15.9 Å². The molecule has 7 nitrogen and oxygen atoms in total. The van der Waals surface area contributed by atoms with Gasteiger partial charge in [-0.2, -0.15) is 0 Å². The average Bonchev–Trinajstić information content (AvgIpc) is 2.97. The number of nitro groups is 1. The van der Waals surface area contributed by atoms with E-state index in [1.54, 1.807) is 18.2 Å². The van der Waals surface area contributed by atoms with Gasteiger partial charge in [-0.1, -0.05) is 51.8 Å². The Morgan fingerprint density at radius 1 is 1.12 bits per heavy atom. The number of nitrogens with zero attached hydrogens (tertiary/aromatic N) is 2. The first kappa shape index (κ1) is 22.8. The van der Waals surface area contributed by atoms with E-state index in [4.69, 9.17) is 0 Å². The molecule has 1 aliphatic rings. The van der Waals surface area contributed by atoms with Crippen molar-refractivity contribution in [3.63, 3.8) is 0 Å². The molecule has 1 heterocycles.